The predicted octanol–water partition coefficient (Wildman–Crippen LogP) is 14.1. The van der Waals surface area contributed by atoms with E-state index in [-0.39, 0.29) is 22.3 Å². The van der Waals surface area contributed by atoms with Crippen molar-refractivity contribution < 1.29 is 0 Å². The first kappa shape index (κ1) is 34.2. The van der Waals surface area contributed by atoms with Crippen LogP contribution in [0.15, 0.2) is 158 Å². The van der Waals surface area contributed by atoms with Gasteiger partial charge in [0.25, 0.3) is 0 Å². The molecule has 0 saturated heterocycles. The van der Waals surface area contributed by atoms with Crippen LogP contribution in [0.5, 0.6) is 0 Å². The van der Waals surface area contributed by atoms with Crippen molar-refractivity contribution in [2.45, 2.75) is 77.2 Å². The summed E-state index contributed by atoms with van der Waals surface area (Å²) in [5, 5.41) is 0. The van der Waals surface area contributed by atoms with Crippen molar-refractivity contribution >= 4 is 28.4 Å². The number of hydrogen-bond donors (Lipinski definition) is 0. The highest BCUT2D eigenvalue weighted by Crippen LogP contribution is 2.61. The fourth-order valence-electron chi connectivity index (χ4n) is 9.65. The van der Waals surface area contributed by atoms with Gasteiger partial charge in [0.15, 0.2) is 0 Å². The second-order valence-electron chi connectivity index (χ2n) is 17.4. The van der Waals surface area contributed by atoms with Gasteiger partial charge in [0.05, 0.1) is 6.04 Å². The van der Waals surface area contributed by atoms with Crippen LogP contribution in [0.1, 0.15) is 82.7 Å². The van der Waals surface area contributed by atoms with Gasteiger partial charge in [0, 0.05) is 39.3 Å². The average Bonchev–Trinajstić information content (AvgIpc) is 3.55. The molecule has 54 heavy (non-hydrogen) atoms. The summed E-state index contributed by atoms with van der Waals surface area (Å²) in [5.41, 5.74) is 18.2. The molecule has 0 heterocycles. The third-order valence-electron chi connectivity index (χ3n) is 12.2. The van der Waals surface area contributed by atoms with Crippen LogP contribution in [-0.2, 0) is 16.2 Å². The summed E-state index contributed by atoms with van der Waals surface area (Å²) < 4.78 is 0. The zero-order chi connectivity index (χ0) is 37.4. The number of rotatable bonds is 6. The molecule has 0 bridgehead atoms. The van der Waals surface area contributed by atoms with Gasteiger partial charge in [-0.05, 0) is 123 Å². The molecule has 0 fully saturated rings. The topological polar surface area (TPSA) is 6.48 Å². The van der Waals surface area contributed by atoms with E-state index in [2.05, 4.69) is 216 Å². The zero-order valence-electron chi connectivity index (χ0n) is 32.7. The quantitative estimate of drug-likeness (QED) is 0.170. The Labute approximate surface area is 322 Å². The van der Waals surface area contributed by atoms with E-state index in [1.54, 1.807) is 0 Å². The number of hydrogen-bond acceptors (Lipinski definition) is 2. The normalized spacial score (nSPS) is 17.1. The number of allylic oxidation sites excluding steroid dienone is 2. The Balaban J connectivity index is 1.22. The van der Waals surface area contributed by atoms with Crippen LogP contribution in [0, 0.1) is 0 Å². The SMILES string of the molecule is CC(C)(C)c1cc(N(c2ccccc2)c2ccccc2)cc2c1-c1ccc3c(c1C2(C)C)C(C)(C)c1cc(N(c2ccccc2)C2C=CC=CC2)ccc1-3. The minimum absolute atomic E-state index is 0.0765. The highest BCUT2D eigenvalue weighted by molar-refractivity contribution is 5.95. The molecule has 2 nitrogen and oxygen atoms in total. The van der Waals surface area contributed by atoms with Gasteiger partial charge in [-0.1, -0.05) is 146 Å². The molecule has 0 N–H and O–H groups in total. The lowest BCUT2D eigenvalue weighted by Gasteiger charge is -2.34. The molecule has 0 amide bonds. The molecular weight excluding hydrogens is 653 g/mol. The largest absolute Gasteiger partial charge is 0.334 e. The Bertz CT molecular complexity index is 2400. The van der Waals surface area contributed by atoms with Crippen LogP contribution in [0.2, 0.25) is 0 Å². The molecule has 0 saturated carbocycles. The molecule has 1 unspecified atom stereocenters. The van der Waals surface area contributed by atoms with Crippen LogP contribution in [0.25, 0.3) is 22.3 Å². The summed E-state index contributed by atoms with van der Waals surface area (Å²) in [6.45, 7) is 17.0. The van der Waals surface area contributed by atoms with E-state index in [0.717, 1.165) is 17.8 Å². The first-order chi connectivity index (χ1) is 26.0. The van der Waals surface area contributed by atoms with Gasteiger partial charge in [0.2, 0.25) is 0 Å². The molecule has 9 rings (SSSR count). The van der Waals surface area contributed by atoms with Gasteiger partial charge >= 0.3 is 0 Å². The van der Waals surface area contributed by atoms with E-state index in [9.17, 15) is 0 Å². The minimum atomic E-state index is -0.220. The molecule has 0 aliphatic heterocycles. The highest BCUT2D eigenvalue weighted by atomic mass is 15.2. The van der Waals surface area contributed by atoms with E-state index in [1.165, 1.54) is 67.1 Å². The fraction of sp³-hybridized carbons (Fsp3) is 0.231. The van der Waals surface area contributed by atoms with E-state index < -0.39 is 0 Å². The monoisotopic (exact) mass is 702 g/mol. The van der Waals surface area contributed by atoms with Crippen molar-refractivity contribution in [3.63, 3.8) is 0 Å². The van der Waals surface area contributed by atoms with Crippen molar-refractivity contribution in [1.29, 1.82) is 0 Å². The van der Waals surface area contributed by atoms with E-state index in [1.807, 2.05) is 0 Å². The maximum absolute atomic E-state index is 2.52. The lowest BCUT2D eigenvalue weighted by atomic mass is 9.72. The number of benzene rings is 6. The Morgan fingerprint density at radius 1 is 0.519 bits per heavy atom. The van der Waals surface area contributed by atoms with Crippen LogP contribution in [0.4, 0.5) is 28.4 Å². The smallest absolute Gasteiger partial charge is 0.0559 e. The maximum atomic E-state index is 2.52. The highest BCUT2D eigenvalue weighted by Gasteiger charge is 2.47. The Morgan fingerprint density at radius 2 is 1.06 bits per heavy atom. The van der Waals surface area contributed by atoms with Crippen molar-refractivity contribution in [2.75, 3.05) is 9.80 Å². The van der Waals surface area contributed by atoms with Crippen molar-refractivity contribution in [1.82, 2.24) is 0 Å². The average molecular weight is 703 g/mol. The molecule has 0 spiro atoms. The van der Waals surface area contributed by atoms with Crippen molar-refractivity contribution in [3.05, 3.63) is 186 Å². The molecule has 6 aromatic rings. The summed E-state index contributed by atoms with van der Waals surface area (Å²) in [5.74, 6) is 0. The van der Waals surface area contributed by atoms with E-state index in [0.29, 0.717) is 0 Å². The molecule has 0 radical (unpaired) electrons. The van der Waals surface area contributed by atoms with Gasteiger partial charge in [-0.3, -0.25) is 0 Å². The summed E-state index contributed by atoms with van der Waals surface area (Å²) in [6, 6.07) is 49.9. The van der Waals surface area contributed by atoms with Crippen LogP contribution in [-0.4, -0.2) is 6.04 Å². The standard InChI is InChI=1S/C52H50N2/c1-50(2,3)45-33-40(54(37-24-16-10-17-25-37)38-26-18-11-19-27-38)34-46-47(45)43-31-30-42-41-29-28-39(32-44(41)51(4,5)48(42)49(43)52(46,6)7)53(35-20-12-8-13-21-35)36-22-14-9-15-23-36/h8-22,24-34,36H,23H2,1-7H3. The van der Waals surface area contributed by atoms with Gasteiger partial charge in [-0.2, -0.15) is 0 Å². The summed E-state index contributed by atoms with van der Waals surface area (Å²) >= 11 is 0. The molecule has 268 valence electrons. The molecule has 3 aliphatic rings. The van der Waals surface area contributed by atoms with E-state index in [4.69, 9.17) is 0 Å². The van der Waals surface area contributed by atoms with Gasteiger partial charge in [0.1, 0.15) is 0 Å². The lowest BCUT2D eigenvalue weighted by molar-refractivity contribution is 0.586. The molecular formula is C52H50N2. The summed E-state index contributed by atoms with van der Waals surface area (Å²) in [6.07, 6.45) is 9.96. The third-order valence-corrected chi connectivity index (χ3v) is 12.2. The first-order valence-electron chi connectivity index (χ1n) is 19.6. The predicted molar refractivity (Wildman–Crippen MR) is 230 cm³/mol. The van der Waals surface area contributed by atoms with Gasteiger partial charge in [-0.25, -0.2) is 0 Å². The van der Waals surface area contributed by atoms with Crippen LogP contribution in [0.3, 0.4) is 0 Å². The third kappa shape index (κ3) is 5.29. The lowest BCUT2D eigenvalue weighted by Crippen LogP contribution is -2.30. The molecule has 0 aromatic heterocycles. The van der Waals surface area contributed by atoms with Crippen molar-refractivity contribution in [2.24, 2.45) is 0 Å². The second-order valence-corrected chi connectivity index (χ2v) is 17.4. The minimum Gasteiger partial charge on any atom is -0.334 e. The molecule has 3 aliphatic carbocycles. The molecule has 1 atom stereocenters. The maximum Gasteiger partial charge on any atom is 0.0559 e. The van der Waals surface area contributed by atoms with Gasteiger partial charge < -0.3 is 9.80 Å². The number of para-hydroxylation sites is 3. The number of fused-ring (bicyclic) bond motifs is 7. The number of nitrogens with zero attached hydrogens (tertiary/aromatic N) is 2. The fourth-order valence-corrected chi connectivity index (χ4v) is 9.65. The second kappa shape index (κ2) is 12.5. The Hall–Kier alpha value is -5.60. The van der Waals surface area contributed by atoms with Crippen LogP contribution < -0.4 is 9.80 Å². The molecule has 2 heteroatoms. The number of anilines is 5. The van der Waals surface area contributed by atoms with Crippen molar-refractivity contribution in [3.8, 4) is 22.3 Å². The van der Waals surface area contributed by atoms with Gasteiger partial charge in [-0.15, -0.1) is 0 Å². The summed E-state index contributed by atoms with van der Waals surface area (Å²) in [7, 11) is 0. The molecule has 6 aromatic carbocycles. The Morgan fingerprint density at radius 3 is 1.65 bits per heavy atom. The zero-order valence-corrected chi connectivity index (χ0v) is 32.7. The first-order valence-corrected chi connectivity index (χ1v) is 19.6. The Kier molecular flexibility index (Phi) is 7.91. The summed E-state index contributed by atoms with van der Waals surface area (Å²) in [4.78, 5) is 4.95. The van der Waals surface area contributed by atoms with Crippen LogP contribution >= 0.6 is 0 Å². The van der Waals surface area contributed by atoms with E-state index >= 15 is 0 Å².